The maximum absolute atomic E-state index is 6.19. The fourth-order valence-electron chi connectivity index (χ4n) is 3.74. The molecule has 0 spiro atoms. The SMILES string of the molecule is CC1CCCC(C)[N+]1(C)CCNc1nn2ccccc2c1N.Cl.[Cl-]. The van der Waals surface area contributed by atoms with Crippen molar-refractivity contribution in [3.8, 4) is 0 Å². The Morgan fingerprint density at radius 1 is 1.29 bits per heavy atom. The molecule has 3 heterocycles. The van der Waals surface area contributed by atoms with Crippen molar-refractivity contribution in [3.05, 3.63) is 24.4 Å². The number of aromatic nitrogens is 2. The van der Waals surface area contributed by atoms with Gasteiger partial charge in [0, 0.05) is 6.20 Å². The summed E-state index contributed by atoms with van der Waals surface area (Å²) in [6, 6.07) is 7.40. The predicted molar refractivity (Wildman–Crippen MR) is 99.2 cm³/mol. The van der Waals surface area contributed by atoms with E-state index in [-0.39, 0.29) is 24.8 Å². The number of nitrogens with one attached hydrogen (secondary N) is 1. The van der Waals surface area contributed by atoms with Crippen LogP contribution in [0.2, 0.25) is 0 Å². The molecule has 3 rings (SSSR count). The third-order valence-electron chi connectivity index (χ3n) is 5.72. The van der Waals surface area contributed by atoms with E-state index >= 15 is 0 Å². The summed E-state index contributed by atoms with van der Waals surface area (Å²) in [4.78, 5) is 0. The minimum atomic E-state index is 0. The molecular weight excluding hydrogens is 345 g/mol. The van der Waals surface area contributed by atoms with E-state index in [9.17, 15) is 0 Å². The van der Waals surface area contributed by atoms with Gasteiger partial charge < -0.3 is 27.9 Å². The van der Waals surface area contributed by atoms with E-state index in [2.05, 4.69) is 31.3 Å². The molecule has 0 aromatic carbocycles. The predicted octanol–water partition coefficient (Wildman–Crippen LogP) is 0.162. The van der Waals surface area contributed by atoms with E-state index in [4.69, 9.17) is 5.73 Å². The molecule has 0 bridgehead atoms. The van der Waals surface area contributed by atoms with Crippen LogP contribution in [0.1, 0.15) is 33.1 Å². The van der Waals surface area contributed by atoms with Crippen molar-refractivity contribution in [2.24, 2.45) is 0 Å². The molecule has 0 saturated carbocycles. The maximum Gasteiger partial charge on any atom is 0.172 e. The number of fused-ring (bicyclic) bond motifs is 1. The molecule has 2 aromatic rings. The van der Waals surface area contributed by atoms with Crippen LogP contribution in [0.3, 0.4) is 0 Å². The molecule has 136 valence electrons. The van der Waals surface area contributed by atoms with Crippen LogP contribution in [0.25, 0.3) is 5.52 Å². The van der Waals surface area contributed by atoms with E-state index < -0.39 is 0 Å². The van der Waals surface area contributed by atoms with Crippen LogP contribution in [0.4, 0.5) is 11.5 Å². The molecule has 5 nitrogen and oxygen atoms in total. The van der Waals surface area contributed by atoms with Crippen LogP contribution < -0.4 is 23.5 Å². The maximum atomic E-state index is 6.19. The van der Waals surface area contributed by atoms with Gasteiger partial charge in [-0.25, -0.2) is 4.52 Å². The molecule has 2 atom stereocenters. The summed E-state index contributed by atoms with van der Waals surface area (Å²) in [6.45, 7) is 6.78. The first kappa shape index (κ1) is 20.9. The lowest BCUT2D eigenvalue weighted by molar-refractivity contribution is -0.956. The Morgan fingerprint density at radius 3 is 2.58 bits per heavy atom. The summed E-state index contributed by atoms with van der Waals surface area (Å²) in [7, 11) is 2.39. The number of nitrogens with zero attached hydrogens (tertiary/aromatic N) is 3. The van der Waals surface area contributed by atoms with Crippen LogP contribution in [0, 0.1) is 0 Å². The highest BCUT2D eigenvalue weighted by molar-refractivity contribution is 5.85. The molecule has 0 radical (unpaired) electrons. The Bertz CT molecular complexity index is 647. The fraction of sp³-hybridized carbons (Fsp3) is 0.588. The van der Waals surface area contributed by atoms with Gasteiger partial charge in [-0.1, -0.05) is 6.07 Å². The number of likely N-dealkylation sites (N-methyl/N-ethyl adjacent to an activating group) is 1. The Balaban J connectivity index is 0.00000144. The number of nitrogens with two attached hydrogens (primary N) is 1. The van der Waals surface area contributed by atoms with Gasteiger partial charge in [0.1, 0.15) is 5.69 Å². The van der Waals surface area contributed by atoms with Crippen molar-refractivity contribution in [2.45, 2.75) is 45.2 Å². The number of nitrogen functional groups attached to an aromatic ring is 1. The Morgan fingerprint density at radius 2 is 1.96 bits per heavy atom. The molecule has 0 aliphatic carbocycles. The number of likely N-dealkylation sites (tertiary alicyclic amines) is 1. The van der Waals surface area contributed by atoms with Crippen molar-refractivity contribution in [2.75, 3.05) is 31.2 Å². The Kier molecular flexibility index (Phi) is 7.20. The van der Waals surface area contributed by atoms with Crippen molar-refractivity contribution in [1.82, 2.24) is 9.61 Å². The fourth-order valence-corrected chi connectivity index (χ4v) is 3.74. The number of quaternary nitrogens is 1. The molecule has 24 heavy (non-hydrogen) atoms. The van der Waals surface area contributed by atoms with E-state index in [1.54, 1.807) is 0 Å². The molecule has 1 aliphatic rings. The van der Waals surface area contributed by atoms with Crippen LogP contribution in [0.5, 0.6) is 0 Å². The second-order valence-corrected chi connectivity index (χ2v) is 6.92. The van der Waals surface area contributed by atoms with Crippen molar-refractivity contribution < 1.29 is 16.9 Å². The van der Waals surface area contributed by atoms with Gasteiger partial charge in [0.05, 0.1) is 37.7 Å². The van der Waals surface area contributed by atoms with Gasteiger partial charge in [-0.15, -0.1) is 17.5 Å². The first-order chi connectivity index (χ1) is 10.5. The van der Waals surface area contributed by atoms with E-state index in [0.29, 0.717) is 0 Å². The summed E-state index contributed by atoms with van der Waals surface area (Å²) in [6.07, 6.45) is 5.96. The molecule has 2 aromatic heterocycles. The molecule has 1 fully saturated rings. The largest absolute Gasteiger partial charge is 1.00 e. The van der Waals surface area contributed by atoms with Gasteiger partial charge in [0.25, 0.3) is 0 Å². The average Bonchev–Trinajstić information content (AvgIpc) is 2.82. The van der Waals surface area contributed by atoms with Crippen LogP contribution in [0.15, 0.2) is 24.4 Å². The number of halogens is 2. The molecule has 0 amide bonds. The first-order valence-corrected chi connectivity index (χ1v) is 8.34. The highest BCUT2D eigenvalue weighted by Crippen LogP contribution is 2.29. The van der Waals surface area contributed by atoms with Crippen LogP contribution >= 0.6 is 12.4 Å². The molecule has 7 heteroatoms. The van der Waals surface area contributed by atoms with Gasteiger partial charge >= 0.3 is 0 Å². The molecule has 3 N–H and O–H groups in total. The van der Waals surface area contributed by atoms with Gasteiger partial charge in [-0.05, 0) is 45.2 Å². The molecule has 1 saturated heterocycles. The van der Waals surface area contributed by atoms with Crippen LogP contribution in [-0.4, -0.2) is 46.3 Å². The zero-order valence-electron chi connectivity index (χ0n) is 14.7. The van der Waals surface area contributed by atoms with Gasteiger partial charge in [0.15, 0.2) is 5.82 Å². The lowest BCUT2D eigenvalue weighted by Gasteiger charge is -2.48. The quantitative estimate of drug-likeness (QED) is 0.750. The lowest BCUT2D eigenvalue weighted by Crippen LogP contribution is -3.00. The van der Waals surface area contributed by atoms with E-state index in [1.807, 2.05) is 28.9 Å². The minimum Gasteiger partial charge on any atom is -1.00 e. The molecule has 1 aliphatic heterocycles. The van der Waals surface area contributed by atoms with Crippen molar-refractivity contribution >= 4 is 29.4 Å². The second-order valence-electron chi connectivity index (χ2n) is 6.92. The third-order valence-corrected chi connectivity index (χ3v) is 5.72. The summed E-state index contributed by atoms with van der Waals surface area (Å²) in [5.41, 5.74) is 7.90. The summed E-state index contributed by atoms with van der Waals surface area (Å²) in [5.74, 6) is 0.801. The number of piperidine rings is 1. The smallest absolute Gasteiger partial charge is 0.172 e. The zero-order chi connectivity index (χ0) is 15.7. The Hall–Kier alpha value is -1.17. The van der Waals surface area contributed by atoms with Crippen molar-refractivity contribution in [1.29, 1.82) is 0 Å². The number of rotatable bonds is 4. The first-order valence-electron chi connectivity index (χ1n) is 8.34. The monoisotopic (exact) mass is 373 g/mol. The highest BCUT2D eigenvalue weighted by atomic mass is 35.5. The van der Waals surface area contributed by atoms with Gasteiger partial charge in [-0.2, -0.15) is 0 Å². The lowest BCUT2D eigenvalue weighted by atomic mass is 9.94. The summed E-state index contributed by atoms with van der Waals surface area (Å²) < 4.78 is 2.97. The molecular formula is C17H29Cl2N5. The normalized spacial score (nSPS) is 26.5. The highest BCUT2D eigenvalue weighted by Gasteiger charge is 2.37. The number of pyridine rings is 1. The van der Waals surface area contributed by atoms with Gasteiger partial charge in [0.2, 0.25) is 0 Å². The average molecular weight is 374 g/mol. The van der Waals surface area contributed by atoms with Gasteiger partial charge in [-0.3, -0.25) is 0 Å². The number of anilines is 2. The minimum absolute atomic E-state index is 0. The standard InChI is InChI=1S/C17H28N5.2ClH/c1-13-7-6-8-14(2)22(13,3)12-10-19-17-16(18)15-9-4-5-11-21(15)20-17;;/h4-5,9,11,13-14H,6-8,10,12,18H2,1-3H3,(H,19,20);2*1H/q+1;;/p-1. The third kappa shape index (κ3) is 3.73. The van der Waals surface area contributed by atoms with Crippen LogP contribution in [-0.2, 0) is 0 Å². The topological polar surface area (TPSA) is 55.4 Å². The zero-order valence-corrected chi connectivity index (χ0v) is 16.3. The summed E-state index contributed by atoms with van der Waals surface area (Å²) >= 11 is 0. The molecule has 2 unspecified atom stereocenters. The van der Waals surface area contributed by atoms with Crippen molar-refractivity contribution in [3.63, 3.8) is 0 Å². The summed E-state index contributed by atoms with van der Waals surface area (Å²) in [5, 5.41) is 7.97. The second kappa shape index (κ2) is 8.28. The number of hydrogen-bond donors (Lipinski definition) is 2. The van der Waals surface area contributed by atoms with E-state index in [1.165, 1.54) is 19.3 Å². The van der Waals surface area contributed by atoms with E-state index in [0.717, 1.165) is 46.7 Å². The Labute approximate surface area is 157 Å². The number of hydrogen-bond acceptors (Lipinski definition) is 3.